The predicted molar refractivity (Wildman–Crippen MR) is 120 cm³/mol. The van der Waals surface area contributed by atoms with E-state index in [2.05, 4.69) is 40.3 Å². The highest BCUT2D eigenvalue weighted by Gasteiger charge is 2.16. The van der Waals surface area contributed by atoms with E-state index in [0.717, 1.165) is 41.2 Å². The summed E-state index contributed by atoms with van der Waals surface area (Å²) in [6.45, 7) is 6.21. The monoisotopic (exact) mass is 385 g/mol. The molecule has 0 unspecified atom stereocenters. The highest BCUT2D eigenvalue weighted by Crippen LogP contribution is 2.33. The molecule has 2 heterocycles. The summed E-state index contributed by atoms with van der Waals surface area (Å²) in [6, 6.07) is 18.0. The number of pyridine rings is 1. The van der Waals surface area contributed by atoms with Gasteiger partial charge in [0, 0.05) is 36.1 Å². The van der Waals surface area contributed by atoms with Gasteiger partial charge in [0.25, 0.3) is 5.91 Å². The van der Waals surface area contributed by atoms with Gasteiger partial charge < -0.3 is 10.2 Å². The molecule has 4 heteroatoms. The maximum absolute atomic E-state index is 12.9. The number of benzene rings is 2. The van der Waals surface area contributed by atoms with Crippen LogP contribution in [0.1, 0.15) is 40.7 Å². The Kier molecular flexibility index (Phi) is 5.61. The third-order valence-electron chi connectivity index (χ3n) is 5.44. The van der Waals surface area contributed by atoms with Gasteiger partial charge in [0.05, 0.1) is 11.4 Å². The molecule has 1 amide bonds. The second-order valence-corrected chi connectivity index (χ2v) is 7.82. The Bertz CT molecular complexity index is 1020. The summed E-state index contributed by atoms with van der Waals surface area (Å²) in [6.07, 6.45) is 5.57. The van der Waals surface area contributed by atoms with Crippen LogP contribution in [0.4, 0.5) is 11.4 Å². The van der Waals surface area contributed by atoms with Gasteiger partial charge in [-0.25, -0.2) is 0 Å². The number of aromatic nitrogens is 1. The molecule has 2 aromatic carbocycles. The average Bonchev–Trinajstić information content (AvgIpc) is 2.74. The molecule has 1 aromatic heterocycles. The molecule has 0 radical (unpaired) electrons. The molecule has 1 fully saturated rings. The number of aryl methyl sites for hydroxylation is 2. The van der Waals surface area contributed by atoms with Gasteiger partial charge in [0.1, 0.15) is 0 Å². The van der Waals surface area contributed by atoms with Crippen molar-refractivity contribution in [3.63, 3.8) is 0 Å². The SMILES string of the molecule is Cc1cccc(C(=O)Nc2ccc(N3CCCCC3)cc2-c2cc(C)ccn2)c1. The third kappa shape index (κ3) is 4.48. The Hall–Kier alpha value is -3.14. The molecule has 1 saturated heterocycles. The van der Waals surface area contributed by atoms with Crippen LogP contribution in [0.5, 0.6) is 0 Å². The number of anilines is 2. The third-order valence-corrected chi connectivity index (χ3v) is 5.44. The van der Waals surface area contributed by atoms with Gasteiger partial charge >= 0.3 is 0 Å². The molecular formula is C25H27N3O. The summed E-state index contributed by atoms with van der Waals surface area (Å²) < 4.78 is 0. The number of nitrogens with zero attached hydrogens (tertiary/aromatic N) is 2. The van der Waals surface area contributed by atoms with Crippen LogP contribution in [0.15, 0.2) is 60.8 Å². The lowest BCUT2D eigenvalue weighted by Crippen LogP contribution is -2.29. The fourth-order valence-electron chi connectivity index (χ4n) is 3.87. The van der Waals surface area contributed by atoms with Crippen LogP contribution in [0.2, 0.25) is 0 Å². The minimum atomic E-state index is -0.103. The maximum Gasteiger partial charge on any atom is 0.255 e. The number of piperidine rings is 1. The molecule has 4 rings (SSSR count). The first-order valence-corrected chi connectivity index (χ1v) is 10.3. The first-order valence-electron chi connectivity index (χ1n) is 10.3. The Morgan fingerprint density at radius 2 is 1.72 bits per heavy atom. The molecule has 1 aliphatic rings. The quantitative estimate of drug-likeness (QED) is 0.635. The second kappa shape index (κ2) is 8.48. The molecule has 1 aliphatic heterocycles. The average molecular weight is 386 g/mol. The number of hydrogen-bond acceptors (Lipinski definition) is 3. The van der Waals surface area contributed by atoms with Crippen LogP contribution in [-0.2, 0) is 0 Å². The number of carbonyl (C=O) groups is 1. The van der Waals surface area contributed by atoms with Crippen LogP contribution in [0, 0.1) is 13.8 Å². The Labute approximate surface area is 172 Å². The largest absolute Gasteiger partial charge is 0.372 e. The number of hydrogen-bond donors (Lipinski definition) is 1. The fraction of sp³-hybridized carbons (Fsp3) is 0.280. The summed E-state index contributed by atoms with van der Waals surface area (Å²) >= 11 is 0. The molecular weight excluding hydrogens is 358 g/mol. The minimum Gasteiger partial charge on any atom is -0.372 e. The van der Waals surface area contributed by atoms with Crippen molar-refractivity contribution >= 4 is 17.3 Å². The first kappa shape index (κ1) is 19.2. The Morgan fingerprint density at radius 3 is 2.48 bits per heavy atom. The van der Waals surface area contributed by atoms with Gasteiger partial charge in [-0.2, -0.15) is 0 Å². The Morgan fingerprint density at radius 1 is 0.931 bits per heavy atom. The van der Waals surface area contributed by atoms with Gasteiger partial charge in [-0.15, -0.1) is 0 Å². The highest BCUT2D eigenvalue weighted by atomic mass is 16.1. The lowest BCUT2D eigenvalue weighted by molar-refractivity contribution is 0.102. The summed E-state index contributed by atoms with van der Waals surface area (Å²) in [5, 5.41) is 3.10. The lowest BCUT2D eigenvalue weighted by Gasteiger charge is -2.29. The number of amides is 1. The molecule has 0 saturated carbocycles. The van der Waals surface area contributed by atoms with Gasteiger partial charge in [-0.3, -0.25) is 9.78 Å². The summed E-state index contributed by atoms with van der Waals surface area (Å²) in [7, 11) is 0. The summed E-state index contributed by atoms with van der Waals surface area (Å²) in [4.78, 5) is 19.9. The molecule has 3 aromatic rings. The molecule has 29 heavy (non-hydrogen) atoms. The fourth-order valence-corrected chi connectivity index (χ4v) is 3.87. The van der Waals surface area contributed by atoms with E-state index in [4.69, 9.17) is 0 Å². The molecule has 4 nitrogen and oxygen atoms in total. The van der Waals surface area contributed by atoms with Crippen LogP contribution in [0.3, 0.4) is 0 Å². The van der Waals surface area contributed by atoms with Gasteiger partial charge in [0.2, 0.25) is 0 Å². The van der Waals surface area contributed by atoms with Crippen LogP contribution < -0.4 is 10.2 Å². The molecule has 0 aliphatic carbocycles. The van der Waals surface area contributed by atoms with Crippen LogP contribution in [0.25, 0.3) is 11.3 Å². The van der Waals surface area contributed by atoms with E-state index >= 15 is 0 Å². The van der Waals surface area contributed by atoms with Crippen molar-refractivity contribution in [1.29, 1.82) is 0 Å². The molecule has 1 N–H and O–H groups in total. The number of rotatable bonds is 4. The van der Waals surface area contributed by atoms with Crippen molar-refractivity contribution in [3.05, 3.63) is 77.5 Å². The van der Waals surface area contributed by atoms with E-state index < -0.39 is 0 Å². The van der Waals surface area contributed by atoms with E-state index in [-0.39, 0.29) is 5.91 Å². The first-order chi connectivity index (χ1) is 14.1. The van der Waals surface area contributed by atoms with E-state index in [0.29, 0.717) is 5.56 Å². The van der Waals surface area contributed by atoms with Gasteiger partial charge in [0.15, 0.2) is 0 Å². The maximum atomic E-state index is 12.9. The topological polar surface area (TPSA) is 45.2 Å². The molecule has 0 spiro atoms. The lowest BCUT2D eigenvalue weighted by atomic mass is 10.0. The zero-order valence-corrected chi connectivity index (χ0v) is 17.1. The van der Waals surface area contributed by atoms with Crippen molar-refractivity contribution in [2.75, 3.05) is 23.3 Å². The normalized spacial score (nSPS) is 13.9. The van der Waals surface area contributed by atoms with E-state index in [9.17, 15) is 4.79 Å². The zero-order chi connectivity index (χ0) is 20.2. The molecule has 148 valence electrons. The smallest absolute Gasteiger partial charge is 0.255 e. The number of nitrogens with one attached hydrogen (secondary N) is 1. The van der Waals surface area contributed by atoms with Gasteiger partial charge in [-0.05, 0) is 81.1 Å². The highest BCUT2D eigenvalue weighted by molar-refractivity contribution is 6.06. The van der Waals surface area contributed by atoms with Crippen molar-refractivity contribution in [3.8, 4) is 11.3 Å². The number of carbonyl (C=O) groups excluding carboxylic acids is 1. The van der Waals surface area contributed by atoms with Gasteiger partial charge in [-0.1, -0.05) is 17.7 Å². The molecule has 0 atom stereocenters. The molecule has 0 bridgehead atoms. The van der Waals surface area contributed by atoms with Crippen molar-refractivity contribution in [2.24, 2.45) is 0 Å². The standard InChI is InChI=1S/C25H27N3O/c1-18-7-6-8-20(15-18)25(29)27-23-10-9-21(28-13-4-3-5-14-28)17-22(23)24-16-19(2)11-12-26-24/h6-12,15-17H,3-5,13-14H2,1-2H3,(H,27,29). The predicted octanol–water partition coefficient (Wildman–Crippen LogP) is 5.61. The van der Waals surface area contributed by atoms with E-state index in [1.54, 1.807) is 0 Å². The summed E-state index contributed by atoms with van der Waals surface area (Å²) in [5.41, 5.74) is 6.69. The zero-order valence-electron chi connectivity index (χ0n) is 17.1. The Balaban J connectivity index is 1.71. The van der Waals surface area contributed by atoms with Crippen LogP contribution in [-0.4, -0.2) is 24.0 Å². The summed E-state index contributed by atoms with van der Waals surface area (Å²) in [5.74, 6) is -0.103. The second-order valence-electron chi connectivity index (χ2n) is 7.82. The minimum absolute atomic E-state index is 0.103. The van der Waals surface area contributed by atoms with E-state index in [1.807, 2.05) is 49.5 Å². The van der Waals surface area contributed by atoms with Crippen LogP contribution >= 0.6 is 0 Å². The van der Waals surface area contributed by atoms with Crippen molar-refractivity contribution in [1.82, 2.24) is 4.98 Å². The van der Waals surface area contributed by atoms with Crippen molar-refractivity contribution in [2.45, 2.75) is 33.1 Å². The van der Waals surface area contributed by atoms with Crippen molar-refractivity contribution < 1.29 is 4.79 Å². The van der Waals surface area contributed by atoms with E-state index in [1.165, 1.54) is 24.9 Å².